The van der Waals surface area contributed by atoms with Crippen LogP contribution >= 0.6 is 12.4 Å². The van der Waals surface area contributed by atoms with Gasteiger partial charge < -0.3 is 0 Å². The van der Waals surface area contributed by atoms with Gasteiger partial charge in [0, 0.05) is 8.41 Å². The maximum Gasteiger partial charge on any atom is 0 e. The molecule has 0 bridgehead atoms. The van der Waals surface area contributed by atoms with Gasteiger partial charge in [-0.1, -0.05) is 26.7 Å². The van der Waals surface area contributed by atoms with Gasteiger partial charge in [0.2, 0.25) is 0 Å². The molecule has 0 spiro atoms. The van der Waals surface area contributed by atoms with E-state index < -0.39 is 0 Å². The molecule has 2 heteroatoms. The smallest absolute Gasteiger partial charge is 0 e. The van der Waals surface area contributed by atoms with Crippen molar-refractivity contribution >= 4 is 20.8 Å². The van der Waals surface area contributed by atoms with Gasteiger partial charge >= 0.3 is 0 Å². The number of unbranched alkanes of at least 4 members (excludes halogenated alkanes) is 1. The van der Waals surface area contributed by atoms with Gasteiger partial charge in [0.1, 0.15) is 0 Å². The van der Waals surface area contributed by atoms with Crippen molar-refractivity contribution in [1.29, 1.82) is 0 Å². The zero-order chi connectivity index (χ0) is 3.41. The molecule has 0 heterocycles. The third kappa shape index (κ3) is 26.7. The fraction of sp³-hybridized carbons (Fsp3) is 1.00. The molecule has 0 saturated heterocycles. The topological polar surface area (TPSA) is 0 Å². The van der Waals surface area contributed by atoms with E-state index in [2.05, 4.69) is 13.8 Å². The molecule has 0 amide bonds. The number of hydrogen-bond acceptors (Lipinski definition) is 0. The highest BCUT2D eigenvalue weighted by Gasteiger charge is 1.56. The van der Waals surface area contributed by atoms with Crippen LogP contribution in [0, 0.1) is 0 Å². The minimum absolute atomic E-state index is 0. The van der Waals surface area contributed by atoms with Gasteiger partial charge in [0.25, 0.3) is 0 Å². The van der Waals surface area contributed by atoms with Crippen LogP contribution in [0.3, 0.4) is 0 Å². The molecule has 0 aliphatic rings. The molecule has 6 heavy (non-hydrogen) atoms. The molecule has 37 valence electrons. The lowest BCUT2D eigenvalue weighted by atomic mass is 10.4. The first kappa shape index (κ1) is 16.2. The van der Waals surface area contributed by atoms with E-state index >= 15 is 0 Å². The lowest BCUT2D eigenvalue weighted by Crippen LogP contribution is -1.47. The number of rotatable bonds is 1. The molecule has 0 aromatic heterocycles. The SMILES string of the molecule is CCCC.Cl.[B]. The predicted molar refractivity (Wildman–Crippen MR) is 33.6 cm³/mol. The molecule has 0 aliphatic carbocycles. The largest absolute Gasteiger partial charge is 0.147 e. The molecular weight excluding hydrogens is 94.3 g/mol. The molecule has 0 aliphatic heterocycles. The first-order chi connectivity index (χ1) is 1.91. The first-order valence-corrected chi connectivity index (χ1v) is 1.91. The fourth-order valence-electron chi connectivity index (χ4n) is 0. The van der Waals surface area contributed by atoms with Crippen LogP contribution in [-0.4, -0.2) is 8.41 Å². The van der Waals surface area contributed by atoms with Crippen LogP contribution in [0.25, 0.3) is 0 Å². The average Bonchev–Trinajstić information content (AvgIpc) is 1.37. The molecule has 0 rings (SSSR count). The van der Waals surface area contributed by atoms with Gasteiger partial charge in [-0.2, -0.15) is 0 Å². The Morgan fingerprint density at radius 2 is 1.17 bits per heavy atom. The second kappa shape index (κ2) is 18.3. The van der Waals surface area contributed by atoms with E-state index in [0.29, 0.717) is 0 Å². The first-order valence-electron chi connectivity index (χ1n) is 1.91. The van der Waals surface area contributed by atoms with Gasteiger partial charge in [0.15, 0.2) is 0 Å². The molecule has 0 aromatic carbocycles. The predicted octanol–water partition coefficient (Wildman–Crippen LogP) is 1.85. The molecular formula is C4H11BCl. The molecule has 0 N–H and O–H groups in total. The van der Waals surface area contributed by atoms with Crippen molar-refractivity contribution in [2.45, 2.75) is 26.7 Å². The summed E-state index contributed by atoms with van der Waals surface area (Å²) in [5.74, 6) is 0. The van der Waals surface area contributed by atoms with E-state index in [-0.39, 0.29) is 20.8 Å². The Morgan fingerprint density at radius 1 is 1.00 bits per heavy atom. The summed E-state index contributed by atoms with van der Waals surface area (Å²) in [5.41, 5.74) is 0. The quantitative estimate of drug-likeness (QED) is 0.447. The minimum Gasteiger partial charge on any atom is -0.147 e. The molecule has 0 aromatic rings. The zero-order valence-corrected chi connectivity index (χ0v) is 5.22. The van der Waals surface area contributed by atoms with E-state index in [4.69, 9.17) is 0 Å². The van der Waals surface area contributed by atoms with Gasteiger partial charge in [-0.15, -0.1) is 12.4 Å². The van der Waals surface area contributed by atoms with Crippen molar-refractivity contribution in [3.05, 3.63) is 0 Å². The van der Waals surface area contributed by atoms with Crippen molar-refractivity contribution in [1.82, 2.24) is 0 Å². The molecule has 0 saturated carbocycles. The van der Waals surface area contributed by atoms with Crippen LogP contribution in [0.4, 0.5) is 0 Å². The molecule has 0 nitrogen and oxygen atoms in total. The van der Waals surface area contributed by atoms with Crippen molar-refractivity contribution in [2.24, 2.45) is 0 Å². The van der Waals surface area contributed by atoms with Crippen molar-refractivity contribution in [3.8, 4) is 0 Å². The summed E-state index contributed by atoms with van der Waals surface area (Å²) in [6.45, 7) is 4.36. The third-order valence-corrected chi connectivity index (χ3v) is 0.500. The highest BCUT2D eigenvalue weighted by atomic mass is 35.5. The van der Waals surface area contributed by atoms with E-state index in [1.54, 1.807) is 0 Å². The van der Waals surface area contributed by atoms with E-state index in [1.165, 1.54) is 12.8 Å². The molecule has 3 radical (unpaired) electrons. The van der Waals surface area contributed by atoms with Crippen molar-refractivity contribution < 1.29 is 0 Å². The lowest BCUT2D eigenvalue weighted by molar-refractivity contribution is 0.886. The summed E-state index contributed by atoms with van der Waals surface area (Å²) < 4.78 is 0. The highest BCUT2D eigenvalue weighted by molar-refractivity contribution is 5.85. The average molecular weight is 105 g/mol. The summed E-state index contributed by atoms with van der Waals surface area (Å²) >= 11 is 0. The van der Waals surface area contributed by atoms with Crippen LogP contribution in [0.15, 0.2) is 0 Å². The van der Waals surface area contributed by atoms with Gasteiger partial charge in [0.05, 0.1) is 0 Å². The van der Waals surface area contributed by atoms with E-state index in [9.17, 15) is 0 Å². The highest BCUT2D eigenvalue weighted by Crippen LogP contribution is 1.76. The Labute approximate surface area is 48.3 Å². The van der Waals surface area contributed by atoms with Gasteiger partial charge in [-0.05, 0) is 0 Å². The van der Waals surface area contributed by atoms with Gasteiger partial charge in [-0.3, -0.25) is 0 Å². The molecule has 0 atom stereocenters. The Kier molecular flexibility index (Phi) is 49.4. The maximum absolute atomic E-state index is 2.18. The number of halogens is 1. The summed E-state index contributed by atoms with van der Waals surface area (Å²) in [5, 5.41) is 0. The minimum atomic E-state index is 0. The summed E-state index contributed by atoms with van der Waals surface area (Å²) in [4.78, 5) is 0. The monoisotopic (exact) mass is 105 g/mol. The van der Waals surface area contributed by atoms with Crippen LogP contribution < -0.4 is 0 Å². The van der Waals surface area contributed by atoms with Crippen LogP contribution in [0.2, 0.25) is 0 Å². The Balaban J connectivity index is -0.0000000450. The standard InChI is InChI=1S/C4H10.B.ClH/c1-3-4-2;;/h3-4H2,1-2H3;;1H. The normalized spacial score (nSPS) is 5.00. The van der Waals surface area contributed by atoms with Crippen molar-refractivity contribution in [2.75, 3.05) is 0 Å². The second-order valence-corrected chi connectivity index (χ2v) is 1.000. The van der Waals surface area contributed by atoms with E-state index in [1.807, 2.05) is 0 Å². The third-order valence-electron chi connectivity index (χ3n) is 0.500. The Bertz CT molecular complexity index is 9.51. The maximum atomic E-state index is 2.18. The summed E-state index contributed by atoms with van der Waals surface area (Å²) in [6.07, 6.45) is 2.64. The van der Waals surface area contributed by atoms with Gasteiger partial charge in [-0.25, -0.2) is 0 Å². The second-order valence-electron chi connectivity index (χ2n) is 1.000. The fourth-order valence-corrected chi connectivity index (χ4v) is 0. The number of hydrogen-bond donors (Lipinski definition) is 0. The summed E-state index contributed by atoms with van der Waals surface area (Å²) in [6, 6.07) is 0. The zero-order valence-electron chi connectivity index (χ0n) is 4.40. The van der Waals surface area contributed by atoms with Crippen LogP contribution in [0.1, 0.15) is 26.7 Å². The lowest BCUT2D eigenvalue weighted by Gasteiger charge is -1.68. The molecule has 0 unspecified atom stereocenters. The van der Waals surface area contributed by atoms with Crippen LogP contribution in [-0.2, 0) is 0 Å². The van der Waals surface area contributed by atoms with Crippen LogP contribution in [0.5, 0.6) is 0 Å². The molecule has 0 fully saturated rings. The van der Waals surface area contributed by atoms with Crippen molar-refractivity contribution in [3.63, 3.8) is 0 Å². The van der Waals surface area contributed by atoms with E-state index in [0.717, 1.165) is 0 Å². The Morgan fingerprint density at radius 3 is 1.17 bits per heavy atom. The summed E-state index contributed by atoms with van der Waals surface area (Å²) in [7, 11) is 0. The Hall–Kier alpha value is 0.355.